The monoisotopic (exact) mass is 526 g/mol. The van der Waals surface area contributed by atoms with Crippen molar-refractivity contribution in [3.63, 3.8) is 0 Å². The molecule has 1 saturated heterocycles. The van der Waals surface area contributed by atoms with Crippen molar-refractivity contribution in [1.82, 2.24) is 15.5 Å². The number of imide groups is 1. The van der Waals surface area contributed by atoms with Gasteiger partial charge in [-0.05, 0) is 37.0 Å². The summed E-state index contributed by atoms with van der Waals surface area (Å²) in [6.45, 7) is 8.38. The molecular weight excluding hydrogens is 480 g/mol. The molecule has 4 N–H and O–H groups in total. The van der Waals surface area contributed by atoms with Crippen LogP contribution in [0.3, 0.4) is 0 Å². The van der Waals surface area contributed by atoms with Crippen LogP contribution in [0.1, 0.15) is 80.4 Å². The van der Waals surface area contributed by atoms with Crippen LogP contribution < -0.4 is 16.4 Å². The number of hydrogen-bond acceptors (Lipinski definition) is 7. The summed E-state index contributed by atoms with van der Waals surface area (Å²) in [5, 5.41) is 5.12. The number of ether oxygens (including phenoxy) is 1. The number of nitrogens with two attached hydrogens (primary N) is 1. The van der Waals surface area contributed by atoms with E-state index in [0.717, 1.165) is 11.3 Å². The Kier molecular flexibility index (Phi) is 13.8. The zero-order valence-electron chi connectivity index (χ0n) is 23.5. The molecule has 0 aliphatic carbocycles. The van der Waals surface area contributed by atoms with Gasteiger partial charge in [0.15, 0.2) is 5.78 Å². The van der Waals surface area contributed by atoms with Gasteiger partial charge in [-0.3, -0.25) is 28.9 Å². The highest BCUT2D eigenvalue weighted by Gasteiger charge is 2.32. The maximum atomic E-state index is 13.2. The van der Waals surface area contributed by atoms with E-state index in [-0.39, 0.29) is 49.1 Å². The molecule has 0 aromatic heterocycles. The second kappa shape index (κ2) is 16.8. The van der Waals surface area contributed by atoms with Crippen LogP contribution in [0.5, 0.6) is 0 Å². The maximum absolute atomic E-state index is 13.2. The van der Waals surface area contributed by atoms with Crippen molar-refractivity contribution in [2.45, 2.75) is 85.1 Å². The Morgan fingerprint density at radius 1 is 1.05 bits per heavy atom. The van der Waals surface area contributed by atoms with Crippen molar-refractivity contribution >= 4 is 35.3 Å². The SMILES string of the molecule is [3H]C1CC(=O)N(CC(=O)N[C@H](C(=O)C[C@@H](CCCNC(N)=O)CC(=O)CCOCCC(C)C)C(C)C)C1=O. The molecule has 0 aromatic rings. The van der Waals surface area contributed by atoms with Gasteiger partial charge in [0, 0.05) is 46.6 Å². The van der Waals surface area contributed by atoms with Crippen LogP contribution in [0, 0.1) is 17.8 Å². The summed E-state index contributed by atoms with van der Waals surface area (Å²) >= 11 is 0. The van der Waals surface area contributed by atoms with Gasteiger partial charge in [-0.1, -0.05) is 27.7 Å². The van der Waals surface area contributed by atoms with E-state index < -0.39 is 42.7 Å². The molecule has 0 bridgehead atoms. The van der Waals surface area contributed by atoms with Crippen molar-refractivity contribution in [2.24, 2.45) is 23.5 Å². The minimum atomic E-state index is -1.21. The lowest BCUT2D eigenvalue weighted by molar-refractivity contribution is -0.142. The quantitative estimate of drug-likeness (QED) is 0.170. The molecule has 0 saturated carbocycles. The Morgan fingerprint density at radius 3 is 2.32 bits per heavy atom. The smallest absolute Gasteiger partial charge is 0.312 e. The number of nitrogens with zero attached hydrogens (tertiary/aromatic N) is 1. The molecule has 1 rings (SSSR count). The molecular formula is C26H44N4O7. The third kappa shape index (κ3) is 13.3. The fourth-order valence-corrected chi connectivity index (χ4v) is 3.99. The highest BCUT2D eigenvalue weighted by atomic mass is 16.5. The van der Waals surface area contributed by atoms with E-state index in [2.05, 4.69) is 24.5 Å². The third-order valence-electron chi connectivity index (χ3n) is 6.11. The number of Topliss-reactive ketones (excluding diaryl/α,β-unsaturated/α-hetero) is 2. The van der Waals surface area contributed by atoms with Gasteiger partial charge in [-0.2, -0.15) is 0 Å². The summed E-state index contributed by atoms with van der Waals surface area (Å²) in [7, 11) is 0. The molecule has 11 nitrogen and oxygen atoms in total. The fourth-order valence-electron chi connectivity index (χ4n) is 3.99. The highest BCUT2D eigenvalue weighted by molar-refractivity contribution is 6.04. The highest BCUT2D eigenvalue weighted by Crippen LogP contribution is 2.20. The number of carbonyl (C=O) groups excluding carboxylic acids is 6. The molecule has 0 spiro atoms. The van der Waals surface area contributed by atoms with Gasteiger partial charge in [0.25, 0.3) is 0 Å². The summed E-state index contributed by atoms with van der Waals surface area (Å²) in [5.74, 6) is -2.34. The number of likely N-dealkylation sites (tertiary alicyclic amines) is 1. The summed E-state index contributed by atoms with van der Waals surface area (Å²) in [6, 6.07) is -1.52. The molecule has 0 radical (unpaired) electrons. The minimum Gasteiger partial charge on any atom is -0.381 e. The Labute approximate surface area is 221 Å². The molecule has 37 heavy (non-hydrogen) atoms. The Bertz CT molecular complexity index is 849. The lowest BCUT2D eigenvalue weighted by atomic mass is 9.87. The first-order chi connectivity index (χ1) is 17.8. The molecule has 3 atom stereocenters. The van der Waals surface area contributed by atoms with Crippen molar-refractivity contribution in [2.75, 3.05) is 26.3 Å². The van der Waals surface area contributed by atoms with Crippen molar-refractivity contribution in [3.05, 3.63) is 0 Å². The Hall–Kier alpha value is -2.82. The minimum absolute atomic E-state index is 0.0312. The van der Waals surface area contributed by atoms with Gasteiger partial charge in [0.2, 0.25) is 17.7 Å². The van der Waals surface area contributed by atoms with E-state index in [0.29, 0.717) is 38.5 Å². The zero-order valence-corrected chi connectivity index (χ0v) is 22.5. The molecule has 210 valence electrons. The summed E-state index contributed by atoms with van der Waals surface area (Å²) in [5.41, 5.74) is 5.10. The molecule has 11 heteroatoms. The van der Waals surface area contributed by atoms with E-state index in [4.69, 9.17) is 11.8 Å². The molecule has 1 aliphatic rings. The zero-order chi connectivity index (χ0) is 28.8. The number of carbonyl (C=O) groups is 6. The molecule has 1 unspecified atom stereocenters. The second-order valence-corrected chi connectivity index (χ2v) is 10.3. The van der Waals surface area contributed by atoms with Crippen LogP contribution >= 0.6 is 0 Å². The normalized spacial score (nSPS) is 17.6. The van der Waals surface area contributed by atoms with E-state index in [1.165, 1.54) is 0 Å². The summed E-state index contributed by atoms with van der Waals surface area (Å²) in [4.78, 5) is 74.0. The number of rotatable bonds is 19. The number of hydrogen-bond donors (Lipinski definition) is 3. The van der Waals surface area contributed by atoms with E-state index in [1.807, 2.05) is 0 Å². The van der Waals surface area contributed by atoms with Crippen LogP contribution in [-0.4, -0.2) is 72.6 Å². The molecule has 0 aromatic carbocycles. The molecule has 5 amide bonds. The first-order valence-electron chi connectivity index (χ1n) is 13.6. The van der Waals surface area contributed by atoms with Crippen LogP contribution in [0.2, 0.25) is 0 Å². The van der Waals surface area contributed by atoms with Crippen molar-refractivity contribution < 1.29 is 34.9 Å². The van der Waals surface area contributed by atoms with Crippen LogP contribution in [-0.2, 0) is 28.7 Å². The van der Waals surface area contributed by atoms with Crippen molar-refractivity contribution in [1.29, 1.82) is 0 Å². The predicted octanol–water partition coefficient (Wildman–Crippen LogP) is 1.71. The van der Waals surface area contributed by atoms with E-state index >= 15 is 0 Å². The van der Waals surface area contributed by atoms with Gasteiger partial charge in [-0.25, -0.2) is 4.79 Å². The fraction of sp³-hybridized carbons (Fsp3) is 0.769. The van der Waals surface area contributed by atoms with Crippen LogP contribution in [0.4, 0.5) is 4.79 Å². The lowest BCUT2D eigenvalue weighted by Crippen LogP contribution is -2.49. The van der Waals surface area contributed by atoms with E-state index in [1.54, 1.807) is 13.8 Å². The predicted molar refractivity (Wildman–Crippen MR) is 137 cm³/mol. The average molecular weight is 527 g/mol. The first-order valence-corrected chi connectivity index (χ1v) is 13.0. The standard InChI is InChI=1S/C26H44N4O7/c1-17(2)9-12-37-13-10-20(31)14-19(6-5-11-28-26(27)36)15-21(32)25(18(3)4)29-22(33)16-30-23(34)7-8-24(30)35/h17-19,25H,5-16H2,1-4H3,(H,29,33)(H3,27,28,36)/t19-,25-/m0/s1/i7T/t7?,19-,25-. The van der Waals surface area contributed by atoms with Crippen molar-refractivity contribution in [3.8, 4) is 0 Å². The molecule has 1 heterocycles. The average Bonchev–Trinajstić information content (AvgIpc) is 3.05. The van der Waals surface area contributed by atoms with E-state index in [9.17, 15) is 28.8 Å². The molecule has 1 aliphatic heterocycles. The largest absolute Gasteiger partial charge is 0.381 e. The van der Waals surface area contributed by atoms with Crippen LogP contribution in [0.25, 0.3) is 0 Å². The van der Waals surface area contributed by atoms with Gasteiger partial charge in [0.1, 0.15) is 12.3 Å². The van der Waals surface area contributed by atoms with Crippen LogP contribution in [0.15, 0.2) is 0 Å². The lowest BCUT2D eigenvalue weighted by Gasteiger charge is -2.25. The van der Waals surface area contributed by atoms with Gasteiger partial charge >= 0.3 is 6.03 Å². The van der Waals surface area contributed by atoms with Gasteiger partial charge < -0.3 is 21.1 Å². The number of nitrogens with one attached hydrogen (secondary N) is 2. The number of urea groups is 1. The maximum Gasteiger partial charge on any atom is 0.312 e. The summed E-state index contributed by atoms with van der Waals surface area (Å²) < 4.78 is 13.1. The Morgan fingerprint density at radius 2 is 1.76 bits per heavy atom. The summed E-state index contributed by atoms with van der Waals surface area (Å²) in [6.07, 6.45) is 0.887. The topological polar surface area (TPSA) is 165 Å². The first kappa shape index (κ1) is 30.4. The van der Waals surface area contributed by atoms with Gasteiger partial charge in [-0.15, -0.1) is 0 Å². The molecule has 1 fully saturated rings. The number of primary amides is 1. The van der Waals surface area contributed by atoms with Gasteiger partial charge in [0.05, 0.1) is 12.6 Å². The second-order valence-electron chi connectivity index (χ2n) is 10.3. The third-order valence-corrected chi connectivity index (χ3v) is 6.11. The Balaban J connectivity index is 2.74. The number of amides is 5. The number of ketones is 2.